The molecular weight excluding hydrogens is 741 g/mol. The van der Waals surface area contributed by atoms with Crippen molar-refractivity contribution in [3.8, 4) is 62.1 Å². The molecule has 4 heteroatoms. The summed E-state index contributed by atoms with van der Waals surface area (Å²) in [6, 6.07) is 77.5. The van der Waals surface area contributed by atoms with E-state index in [1.165, 1.54) is 43.3 Å². The molecule has 0 radical (unpaired) electrons. The van der Waals surface area contributed by atoms with E-state index in [0.717, 1.165) is 55.5 Å². The maximum absolute atomic E-state index is 5.36. The fourth-order valence-electron chi connectivity index (χ4n) is 9.25. The van der Waals surface area contributed by atoms with Gasteiger partial charge in [-0.25, -0.2) is 15.0 Å². The molecule has 4 nitrogen and oxygen atoms in total. The second kappa shape index (κ2) is 14.3. The Bertz CT molecular complexity index is 3630. The standard InChI is InChI=1S/C57H36N4/c1-3-16-37(17-4-1)43-22-11-12-26-49(43)56-58-55(59-57(60-56)50-28-15-27-48-46-25-13-14-29-52(46)61(54(48)50)42-20-5-2-6-21-42)40-32-30-39(31-33-40)53-45-24-10-8-19-41(45)36-51-44-23-9-7-18-38(44)34-35-47(51)53/h1-36H. The Morgan fingerprint density at radius 3 is 1.67 bits per heavy atom. The van der Waals surface area contributed by atoms with Crippen molar-refractivity contribution in [1.82, 2.24) is 19.5 Å². The molecule has 2 heterocycles. The van der Waals surface area contributed by atoms with Crippen LogP contribution in [-0.4, -0.2) is 19.5 Å². The van der Waals surface area contributed by atoms with E-state index in [1.54, 1.807) is 0 Å². The Hall–Kier alpha value is -8.21. The molecule has 0 saturated carbocycles. The normalized spacial score (nSPS) is 11.6. The summed E-state index contributed by atoms with van der Waals surface area (Å²) in [6.07, 6.45) is 0. The first-order valence-electron chi connectivity index (χ1n) is 20.7. The second-order valence-corrected chi connectivity index (χ2v) is 15.5. The zero-order valence-corrected chi connectivity index (χ0v) is 33.1. The SMILES string of the molecule is c1ccc(-c2ccccc2-c2nc(-c3ccc(-c4c5ccccc5cc5c4ccc4ccccc45)cc3)nc(-c3cccc4c5ccccc5n(-c5ccccc5)c34)n2)cc1. The summed E-state index contributed by atoms with van der Waals surface area (Å²) in [5.74, 6) is 1.85. The summed E-state index contributed by atoms with van der Waals surface area (Å²) in [6.45, 7) is 0. The van der Waals surface area contributed by atoms with Gasteiger partial charge in [0.25, 0.3) is 0 Å². The summed E-state index contributed by atoms with van der Waals surface area (Å²) in [4.78, 5) is 16.0. The number of rotatable bonds is 6. The van der Waals surface area contributed by atoms with Crippen LogP contribution < -0.4 is 0 Å². The molecule has 0 aliphatic heterocycles. The van der Waals surface area contributed by atoms with Crippen molar-refractivity contribution < 1.29 is 0 Å². The van der Waals surface area contributed by atoms with Crippen molar-refractivity contribution >= 4 is 54.1 Å². The largest absolute Gasteiger partial charge is 0.309 e. The first kappa shape index (κ1) is 34.8. The molecule has 0 spiro atoms. The third-order valence-corrected chi connectivity index (χ3v) is 12.0. The van der Waals surface area contributed by atoms with E-state index in [0.29, 0.717) is 17.5 Å². The third-order valence-electron chi connectivity index (χ3n) is 12.0. The Morgan fingerprint density at radius 2 is 0.869 bits per heavy atom. The van der Waals surface area contributed by atoms with E-state index in [9.17, 15) is 0 Å². The lowest BCUT2D eigenvalue weighted by Gasteiger charge is -2.15. The van der Waals surface area contributed by atoms with Crippen LogP contribution in [0.25, 0.3) is 116 Å². The van der Waals surface area contributed by atoms with E-state index in [1.807, 2.05) is 6.07 Å². The predicted molar refractivity (Wildman–Crippen MR) is 254 cm³/mol. The van der Waals surface area contributed by atoms with Gasteiger partial charge in [-0.3, -0.25) is 0 Å². The fourth-order valence-corrected chi connectivity index (χ4v) is 9.25. The number of para-hydroxylation sites is 3. The van der Waals surface area contributed by atoms with Gasteiger partial charge in [0.1, 0.15) is 0 Å². The van der Waals surface area contributed by atoms with Crippen LogP contribution in [0.3, 0.4) is 0 Å². The molecule has 0 aliphatic carbocycles. The number of fused-ring (bicyclic) bond motifs is 7. The third kappa shape index (κ3) is 5.80. The van der Waals surface area contributed by atoms with E-state index in [-0.39, 0.29) is 0 Å². The number of hydrogen-bond donors (Lipinski definition) is 0. The molecule has 0 atom stereocenters. The van der Waals surface area contributed by atoms with Crippen molar-refractivity contribution in [2.24, 2.45) is 0 Å². The van der Waals surface area contributed by atoms with E-state index in [4.69, 9.17) is 15.0 Å². The zero-order chi connectivity index (χ0) is 40.3. The highest BCUT2D eigenvalue weighted by atomic mass is 15.0. The number of hydrogen-bond acceptors (Lipinski definition) is 3. The molecule has 12 rings (SSSR count). The van der Waals surface area contributed by atoms with Gasteiger partial charge in [0.05, 0.1) is 11.0 Å². The lowest BCUT2D eigenvalue weighted by Crippen LogP contribution is -2.02. The maximum Gasteiger partial charge on any atom is 0.166 e. The monoisotopic (exact) mass is 776 g/mol. The van der Waals surface area contributed by atoms with Crippen LogP contribution in [0.5, 0.6) is 0 Å². The summed E-state index contributed by atoms with van der Waals surface area (Å²) < 4.78 is 2.34. The summed E-state index contributed by atoms with van der Waals surface area (Å²) in [7, 11) is 0. The quantitative estimate of drug-likeness (QED) is 0.125. The Kier molecular flexibility index (Phi) is 8.13. The van der Waals surface area contributed by atoms with Crippen molar-refractivity contribution in [2.45, 2.75) is 0 Å². The van der Waals surface area contributed by atoms with Gasteiger partial charge in [-0.05, 0) is 84.9 Å². The molecule has 0 bridgehead atoms. The first-order chi connectivity index (χ1) is 30.3. The van der Waals surface area contributed by atoms with Crippen LogP contribution in [0.1, 0.15) is 0 Å². The smallest absolute Gasteiger partial charge is 0.166 e. The van der Waals surface area contributed by atoms with Crippen LogP contribution in [0.2, 0.25) is 0 Å². The minimum absolute atomic E-state index is 0.613. The van der Waals surface area contributed by atoms with E-state index >= 15 is 0 Å². The summed E-state index contributed by atoms with van der Waals surface area (Å²) >= 11 is 0. The highest BCUT2D eigenvalue weighted by molar-refractivity contribution is 6.20. The number of nitrogens with zero attached hydrogens (tertiary/aromatic N) is 4. The van der Waals surface area contributed by atoms with E-state index < -0.39 is 0 Å². The molecule has 284 valence electrons. The predicted octanol–water partition coefficient (Wildman–Crippen LogP) is 14.8. The lowest BCUT2D eigenvalue weighted by atomic mass is 9.89. The van der Waals surface area contributed by atoms with Gasteiger partial charge >= 0.3 is 0 Å². The number of aromatic nitrogens is 4. The van der Waals surface area contributed by atoms with Gasteiger partial charge in [0, 0.05) is 33.2 Å². The fraction of sp³-hybridized carbons (Fsp3) is 0. The minimum Gasteiger partial charge on any atom is -0.309 e. The first-order valence-corrected chi connectivity index (χ1v) is 20.7. The van der Waals surface area contributed by atoms with Crippen LogP contribution in [-0.2, 0) is 0 Å². The average molecular weight is 777 g/mol. The molecule has 12 aromatic rings. The molecule has 0 amide bonds. The van der Waals surface area contributed by atoms with E-state index in [2.05, 4.69) is 217 Å². The van der Waals surface area contributed by atoms with Crippen molar-refractivity contribution in [1.29, 1.82) is 0 Å². The molecule has 0 unspecified atom stereocenters. The van der Waals surface area contributed by atoms with Gasteiger partial charge in [0.15, 0.2) is 17.5 Å². The van der Waals surface area contributed by atoms with Crippen LogP contribution >= 0.6 is 0 Å². The summed E-state index contributed by atoms with van der Waals surface area (Å²) in [5, 5.41) is 9.74. The number of benzene rings is 10. The van der Waals surface area contributed by atoms with Gasteiger partial charge in [-0.15, -0.1) is 0 Å². The van der Waals surface area contributed by atoms with Crippen molar-refractivity contribution in [3.63, 3.8) is 0 Å². The molecule has 0 N–H and O–H groups in total. The molecular formula is C57H36N4. The Balaban J connectivity index is 1.09. The minimum atomic E-state index is 0.613. The Labute approximate surface area is 352 Å². The second-order valence-electron chi connectivity index (χ2n) is 15.5. The molecule has 2 aromatic heterocycles. The molecule has 61 heavy (non-hydrogen) atoms. The highest BCUT2D eigenvalue weighted by Crippen LogP contribution is 2.42. The van der Waals surface area contributed by atoms with Crippen molar-refractivity contribution in [3.05, 3.63) is 218 Å². The lowest BCUT2D eigenvalue weighted by molar-refractivity contribution is 1.07. The molecule has 10 aromatic carbocycles. The van der Waals surface area contributed by atoms with Crippen LogP contribution in [0.4, 0.5) is 0 Å². The highest BCUT2D eigenvalue weighted by Gasteiger charge is 2.21. The van der Waals surface area contributed by atoms with Crippen molar-refractivity contribution in [2.75, 3.05) is 0 Å². The molecule has 0 aliphatic rings. The topological polar surface area (TPSA) is 43.6 Å². The Morgan fingerprint density at radius 1 is 0.295 bits per heavy atom. The van der Waals surface area contributed by atoms with Gasteiger partial charge in [-0.1, -0.05) is 188 Å². The molecule has 0 saturated heterocycles. The molecule has 0 fully saturated rings. The van der Waals surface area contributed by atoms with Gasteiger partial charge in [-0.2, -0.15) is 0 Å². The maximum atomic E-state index is 5.36. The van der Waals surface area contributed by atoms with Gasteiger partial charge in [0.2, 0.25) is 0 Å². The zero-order valence-electron chi connectivity index (χ0n) is 33.1. The van der Waals surface area contributed by atoms with Gasteiger partial charge < -0.3 is 4.57 Å². The van der Waals surface area contributed by atoms with Crippen LogP contribution in [0, 0.1) is 0 Å². The average Bonchev–Trinajstić information content (AvgIpc) is 3.68. The summed E-state index contributed by atoms with van der Waals surface area (Å²) in [5.41, 5.74) is 10.6. The van der Waals surface area contributed by atoms with Crippen LogP contribution in [0.15, 0.2) is 218 Å².